The van der Waals surface area contributed by atoms with Crippen molar-refractivity contribution in [2.75, 3.05) is 4.90 Å². The lowest BCUT2D eigenvalue weighted by molar-refractivity contribution is 0.660. The zero-order valence-corrected chi connectivity index (χ0v) is 34.9. The van der Waals surface area contributed by atoms with Gasteiger partial charge in [-0.15, -0.1) is 11.3 Å². The first-order valence-electron chi connectivity index (χ1n) is 21.2. The third-order valence-electron chi connectivity index (χ3n) is 13.1. The largest absolute Gasteiger partial charge is 0.310 e. The Balaban J connectivity index is 1.16. The second-order valence-corrected chi connectivity index (χ2v) is 17.9. The van der Waals surface area contributed by atoms with Crippen molar-refractivity contribution < 1.29 is 0 Å². The maximum atomic E-state index is 2.51. The highest BCUT2D eigenvalue weighted by Crippen LogP contribution is 2.53. The maximum absolute atomic E-state index is 2.51. The van der Waals surface area contributed by atoms with E-state index in [9.17, 15) is 0 Å². The van der Waals surface area contributed by atoms with E-state index in [1.165, 1.54) is 97.4 Å². The van der Waals surface area contributed by atoms with Gasteiger partial charge in [0.15, 0.2) is 0 Å². The average molecular weight is 796 g/mol. The van der Waals surface area contributed by atoms with E-state index in [0.717, 1.165) is 17.1 Å². The quantitative estimate of drug-likeness (QED) is 0.152. The highest BCUT2D eigenvalue weighted by atomic mass is 32.1. The molecule has 0 amide bonds. The summed E-state index contributed by atoms with van der Waals surface area (Å²) in [4.78, 5) is 2.51. The molecule has 0 aliphatic heterocycles. The molecule has 0 spiro atoms. The predicted octanol–water partition coefficient (Wildman–Crippen LogP) is 17.1. The van der Waals surface area contributed by atoms with Crippen molar-refractivity contribution in [3.63, 3.8) is 0 Å². The van der Waals surface area contributed by atoms with E-state index in [2.05, 4.69) is 231 Å². The second kappa shape index (κ2) is 13.9. The molecule has 1 nitrogen and oxygen atoms in total. The molecule has 12 rings (SSSR count). The topological polar surface area (TPSA) is 3.24 Å². The van der Waals surface area contributed by atoms with Crippen LogP contribution in [-0.2, 0) is 5.41 Å². The standard InChI is InChI=1S/C59H41NS/c1-59(2)53-24-12-10-21-47(53)48-34-32-43(37-54(48)59)60(42-30-27-39(28-31-42)38-15-4-3-5-16-38)55-25-14-23-51(52-35-40-17-6-7-18-44(40)45-19-8-9-20-46(45)52)58(55)41-29-33-50-49-22-11-13-26-56(49)61-57(50)36-41/h3-37H,1-2H3. The molecule has 288 valence electrons. The van der Waals surface area contributed by atoms with Crippen LogP contribution in [0, 0.1) is 0 Å². The molecular formula is C59H41NS. The van der Waals surface area contributed by atoms with Crippen LogP contribution in [0.1, 0.15) is 25.0 Å². The van der Waals surface area contributed by atoms with Crippen LogP contribution in [0.15, 0.2) is 212 Å². The molecule has 1 aliphatic carbocycles. The zero-order chi connectivity index (χ0) is 40.7. The van der Waals surface area contributed by atoms with Gasteiger partial charge in [-0.05, 0) is 120 Å². The lowest BCUT2D eigenvalue weighted by Crippen LogP contribution is -2.17. The fourth-order valence-corrected chi connectivity index (χ4v) is 11.3. The van der Waals surface area contributed by atoms with Crippen LogP contribution in [0.2, 0.25) is 0 Å². The van der Waals surface area contributed by atoms with Crippen LogP contribution in [-0.4, -0.2) is 0 Å². The van der Waals surface area contributed by atoms with Crippen LogP contribution in [0.25, 0.3) is 86.2 Å². The van der Waals surface area contributed by atoms with E-state index >= 15 is 0 Å². The van der Waals surface area contributed by atoms with Crippen molar-refractivity contribution in [2.45, 2.75) is 19.3 Å². The number of benzene rings is 10. The molecule has 0 radical (unpaired) electrons. The highest BCUT2D eigenvalue weighted by molar-refractivity contribution is 7.25. The van der Waals surface area contributed by atoms with Crippen molar-refractivity contribution in [1.82, 2.24) is 0 Å². The molecular weight excluding hydrogens is 755 g/mol. The highest BCUT2D eigenvalue weighted by Gasteiger charge is 2.36. The van der Waals surface area contributed by atoms with Crippen LogP contribution in [0.4, 0.5) is 17.1 Å². The number of anilines is 3. The van der Waals surface area contributed by atoms with Crippen molar-refractivity contribution in [3.05, 3.63) is 223 Å². The van der Waals surface area contributed by atoms with Gasteiger partial charge in [-0.1, -0.05) is 178 Å². The SMILES string of the molecule is CC1(C)c2ccccc2-c2ccc(N(c3ccc(-c4ccccc4)cc3)c3cccc(-c4cc5ccccc5c5ccccc45)c3-c3ccc4c(c3)sc3ccccc34)cc21. The molecule has 61 heavy (non-hydrogen) atoms. The molecule has 0 bridgehead atoms. The van der Waals surface area contributed by atoms with Gasteiger partial charge in [0.25, 0.3) is 0 Å². The average Bonchev–Trinajstić information content (AvgIpc) is 3.80. The minimum absolute atomic E-state index is 0.147. The van der Waals surface area contributed by atoms with Gasteiger partial charge in [0.1, 0.15) is 0 Å². The van der Waals surface area contributed by atoms with Crippen molar-refractivity contribution >= 4 is 70.1 Å². The zero-order valence-electron chi connectivity index (χ0n) is 34.1. The number of hydrogen-bond acceptors (Lipinski definition) is 2. The fourth-order valence-electron chi connectivity index (χ4n) is 10.1. The smallest absolute Gasteiger partial charge is 0.0546 e. The number of hydrogen-bond donors (Lipinski definition) is 0. The summed E-state index contributed by atoms with van der Waals surface area (Å²) in [6, 6.07) is 78.9. The molecule has 0 atom stereocenters. The first-order chi connectivity index (χ1) is 30.0. The Morgan fingerprint density at radius 3 is 1.84 bits per heavy atom. The van der Waals surface area contributed by atoms with E-state index < -0.39 is 0 Å². The van der Waals surface area contributed by atoms with Crippen molar-refractivity contribution in [1.29, 1.82) is 0 Å². The van der Waals surface area contributed by atoms with Crippen molar-refractivity contribution in [3.8, 4) is 44.5 Å². The Kier molecular flexibility index (Phi) is 8.13. The van der Waals surface area contributed by atoms with E-state index in [1.807, 2.05) is 11.3 Å². The fraction of sp³-hybridized carbons (Fsp3) is 0.0508. The lowest BCUT2D eigenvalue weighted by atomic mass is 9.82. The Hall–Kier alpha value is -7.26. The Labute approximate surface area is 360 Å². The summed E-state index contributed by atoms with van der Waals surface area (Å²) in [6.45, 7) is 4.75. The molecule has 1 aromatic heterocycles. The summed E-state index contributed by atoms with van der Waals surface area (Å²) in [5.74, 6) is 0. The van der Waals surface area contributed by atoms with Crippen LogP contribution < -0.4 is 4.90 Å². The Morgan fingerprint density at radius 2 is 0.984 bits per heavy atom. The molecule has 2 heteroatoms. The summed E-state index contributed by atoms with van der Waals surface area (Å²) < 4.78 is 2.60. The van der Waals surface area contributed by atoms with Gasteiger partial charge in [-0.2, -0.15) is 0 Å². The number of fused-ring (bicyclic) bond motifs is 9. The second-order valence-electron chi connectivity index (χ2n) is 16.8. The summed E-state index contributed by atoms with van der Waals surface area (Å²) in [5.41, 5.74) is 15.8. The minimum atomic E-state index is -0.147. The summed E-state index contributed by atoms with van der Waals surface area (Å²) in [7, 11) is 0. The van der Waals surface area contributed by atoms with E-state index in [0.29, 0.717) is 0 Å². The monoisotopic (exact) mass is 795 g/mol. The summed E-state index contributed by atoms with van der Waals surface area (Å²) in [5, 5.41) is 7.63. The van der Waals surface area contributed by atoms with Gasteiger partial charge < -0.3 is 4.90 Å². The van der Waals surface area contributed by atoms with Gasteiger partial charge in [0.05, 0.1) is 5.69 Å². The Bertz CT molecular complexity index is 3500. The summed E-state index contributed by atoms with van der Waals surface area (Å²) >= 11 is 1.88. The molecule has 0 saturated heterocycles. The van der Waals surface area contributed by atoms with Gasteiger partial charge in [0.2, 0.25) is 0 Å². The molecule has 1 aliphatic rings. The van der Waals surface area contributed by atoms with Gasteiger partial charge in [-0.3, -0.25) is 0 Å². The van der Waals surface area contributed by atoms with E-state index in [1.54, 1.807) is 0 Å². The maximum Gasteiger partial charge on any atom is 0.0546 e. The molecule has 0 saturated carbocycles. The molecule has 0 N–H and O–H groups in total. The van der Waals surface area contributed by atoms with Gasteiger partial charge in [0, 0.05) is 42.5 Å². The number of nitrogens with zero attached hydrogens (tertiary/aromatic N) is 1. The Morgan fingerprint density at radius 1 is 0.361 bits per heavy atom. The minimum Gasteiger partial charge on any atom is -0.310 e. The lowest BCUT2D eigenvalue weighted by Gasteiger charge is -2.31. The third kappa shape index (κ3) is 5.67. The molecule has 11 aromatic rings. The van der Waals surface area contributed by atoms with Crippen LogP contribution in [0.3, 0.4) is 0 Å². The third-order valence-corrected chi connectivity index (χ3v) is 14.2. The number of thiophene rings is 1. The van der Waals surface area contributed by atoms with E-state index in [4.69, 9.17) is 0 Å². The first-order valence-corrected chi connectivity index (χ1v) is 22.0. The molecule has 0 unspecified atom stereocenters. The van der Waals surface area contributed by atoms with Crippen LogP contribution >= 0.6 is 11.3 Å². The predicted molar refractivity (Wildman–Crippen MR) is 263 cm³/mol. The van der Waals surface area contributed by atoms with Gasteiger partial charge in [-0.25, -0.2) is 0 Å². The first kappa shape index (κ1) is 35.7. The van der Waals surface area contributed by atoms with Gasteiger partial charge >= 0.3 is 0 Å². The molecule has 1 heterocycles. The van der Waals surface area contributed by atoms with E-state index in [-0.39, 0.29) is 5.41 Å². The van der Waals surface area contributed by atoms with Crippen molar-refractivity contribution in [2.24, 2.45) is 0 Å². The molecule has 10 aromatic carbocycles. The number of rotatable bonds is 6. The normalized spacial score (nSPS) is 12.9. The van der Waals surface area contributed by atoms with Crippen LogP contribution in [0.5, 0.6) is 0 Å². The molecule has 0 fully saturated rings. The summed E-state index contributed by atoms with van der Waals surface area (Å²) in [6.07, 6.45) is 0.